The van der Waals surface area contributed by atoms with Crippen molar-refractivity contribution in [1.82, 2.24) is 0 Å². The maximum absolute atomic E-state index is 6.03. The number of hydrogen-bond acceptors (Lipinski definition) is 2. The molecule has 0 saturated heterocycles. The molecule has 2 aliphatic rings. The Morgan fingerprint density at radius 3 is 1.60 bits per heavy atom. The van der Waals surface area contributed by atoms with Crippen LogP contribution in [0.1, 0.15) is 57.8 Å². The molecule has 2 nitrogen and oxygen atoms in total. The molecule has 0 aromatic heterocycles. The summed E-state index contributed by atoms with van der Waals surface area (Å²) in [6.07, 6.45) is 12.0. The average molecular weight is 210 g/mol. The Hall–Kier alpha value is -0.0800. The van der Waals surface area contributed by atoms with Crippen LogP contribution in [-0.4, -0.2) is 12.1 Å². The molecule has 0 heterocycles. The van der Waals surface area contributed by atoms with Crippen molar-refractivity contribution in [1.29, 1.82) is 0 Å². The van der Waals surface area contributed by atoms with Gasteiger partial charge in [0.25, 0.3) is 0 Å². The molecule has 2 rings (SSSR count). The van der Waals surface area contributed by atoms with E-state index in [1.54, 1.807) is 0 Å². The summed E-state index contributed by atoms with van der Waals surface area (Å²) in [6.45, 7) is 0. The van der Waals surface area contributed by atoms with E-state index in [2.05, 4.69) is 0 Å². The third-order valence-corrected chi connectivity index (χ3v) is 4.31. The second-order valence-electron chi connectivity index (χ2n) is 5.82. The van der Waals surface area contributed by atoms with Gasteiger partial charge in [-0.1, -0.05) is 25.7 Å². The average Bonchev–Trinajstić information content (AvgIpc) is 2.17. The fraction of sp³-hybridized carbons (Fsp3) is 1.00. The zero-order chi connectivity index (χ0) is 10.7. The molecule has 2 fully saturated rings. The van der Waals surface area contributed by atoms with Crippen molar-refractivity contribution in [2.24, 2.45) is 23.3 Å². The minimum absolute atomic E-state index is 0.487. The van der Waals surface area contributed by atoms with Gasteiger partial charge in [0.2, 0.25) is 0 Å². The zero-order valence-electron chi connectivity index (χ0n) is 9.83. The third-order valence-electron chi connectivity index (χ3n) is 4.31. The minimum atomic E-state index is 0.487. The van der Waals surface area contributed by atoms with E-state index in [0.29, 0.717) is 12.1 Å². The van der Waals surface area contributed by atoms with E-state index in [1.807, 2.05) is 0 Å². The largest absolute Gasteiger partial charge is 0.328 e. The van der Waals surface area contributed by atoms with Gasteiger partial charge >= 0.3 is 0 Å². The summed E-state index contributed by atoms with van der Waals surface area (Å²) in [7, 11) is 0. The van der Waals surface area contributed by atoms with Crippen molar-refractivity contribution in [3.63, 3.8) is 0 Å². The summed E-state index contributed by atoms with van der Waals surface area (Å²) in [4.78, 5) is 0. The molecule has 0 aromatic carbocycles. The van der Waals surface area contributed by atoms with E-state index in [4.69, 9.17) is 11.5 Å². The number of hydrogen-bond donors (Lipinski definition) is 2. The van der Waals surface area contributed by atoms with Gasteiger partial charge in [-0.05, 0) is 43.9 Å². The Kier molecular flexibility index (Phi) is 4.04. The first-order chi connectivity index (χ1) is 7.24. The Morgan fingerprint density at radius 2 is 1.20 bits per heavy atom. The van der Waals surface area contributed by atoms with Gasteiger partial charge in [0.1, 0.15) is 0 Å². The van der Waals surface area contributed by atoms with E-state index < -0.39 is 0 Å². The van der Waals surface area contributed by atoms with Crippen LogP contribution in [0.5, 0.6) is 0 Å². The minimum Gasteiger partial charge on any atom is -0.328 e. The summed E-state index contributed by atoms with van der Waals surface area (Å²) in [5.41, 5.74) is 12.1. The SMILES string of the molecule is N[C@@H]1CCC[C@H](C[C@@H]2CCC[C@H](N)C2)C1. The smallest absolute Gasteiger partial charge is 0.00414 e. The van der Waals surface area contributed by atoms with Crippen molar-refractivity contribution >= 4 is 0 Å². The molecule has 0 aliphatic heterocycles. The van der Waals surface area contributed by atoms with Crippen LogP contribution < -0.4 is 11.5 Å². The fourth-order valence-electron chi connectivity index (χ4n) is 3.56. The third kappa shape index (κ3) is 3.46. The van der Waals surface area contributed by atoms with E-state index in [9.17, 15) is 0 Å². The predicted molar refractivity (Wildman–Crippen MR) is 64.5 cm³/mol. The second kappa shape index (κ2) is 5.31. The van der Waals surface area contributed by atoms with Gasteiger partial charge < -0.3 is 11.5 Å². The topological polar surface area (TPSA) is 52.0 Å². The Morgan fingerprint density at radius 1 is 0.733 bits per heavy atom. The maximum Gasteiger partial charge on any atom is 0.00414 e. The summed E-state index contributed by atoms with van der Waals surface area (Å²) >= 11 is 0. The van der Waals surface area contributed by atoms with Crippen molar-refractivity contribution in [3.8, 4) is 0 Å². The lowest BCUT2D eigenvalue weighted by Gasteiger charge is -2.33. The lowest BCUT2D eigenvalue weighted by Crippen LogP contribution is -2.32. The van der Waals surface area contributed by atoms with Crippen molar-refractivity contribution in [3.05, 3.63) is 0 Å². The van der Waals surface area contributed by atoms with E-state index in [1.165, 1.54) is 57.8 Å². The highest BCUT2D eigenvalue weighted by Crippen LogP contribution is 2.34. The molecule has 0 radical (unpaired) electrons. The molecule has 0 spiro atoms. The standard InChI is InChI=1S/C13H26N2/c14-12-5-1-3-10(8-12)7-11-4-2-6-13(15)9-11/h10-13H,1-9,14-15H2/t10-,11+,12-,13+. The van der Waals surface area contributed by atoms with Crippen molar-refractivity contribution in [2.75, 3.05) is 0 Å². The highest BCUT2D eigenvalue weighted by atomic mass is 14.6. The highest BCUT2D eigenvalue weighted by Gasteiger charge is 2.25. The zero-order valence-corrected chi connectivity index (χ0v) is 9.83. The van der Waals surface area contributed by atoms with E-state index in [0.717, 1.165) is 11.8 Å². The lowest BCUT2D eigenvalue weighted by molar-refractivity contribution is 0.221. The predicted octanol–water partition coefficient (Wildman–Crippen LogP) is 2.41. The lowest BCUT2D eigenvalue weighted by atomic mass is 9.75. The van der Waals surface area contributed by atoms with Crippen LogP contribution in [0, 0.1) is 11.8 Å². The van der Waals surface area contributed by atoms with Gasteiger partial charge in [0.15, 0.2) is 0 Å². The summed E-state index contributed by atoms with van der Waals surface area (Å²) in [5, 5.41) is 0. The first kappa shape index (κ1) is 11.4. The van der Waals surface area contributed by atoms with Gasteiger partial charge in [0.05, 0.1) is 0 Å². The van der Waals surface area contributed by atoms with E-state index in [-0.39, 0.29) is 0 Å². The molecule has 0 unspecified atom stereocenters. The number of nitrogens with two attached hydrogens (primary N) is 2. The van der Waals surface area contributed by atoms with E-state index >= 15 is 0 Å². The summed E-state index contributed by atoms with van der Waals surface area (Å²) in [5.74, 6) is 1.81. The van der Waals surface area contributed by atoms with Crippen LogP contribution in [0.3, 0.4) is 0 Å². The molecule has 2 heteroatoms. The Bertz CT molecular complexity index is 173. The Labute approximate surface area is 93.8 Å². The molecule has 4 atom stereocenters. The monoisotopic (exact) mass is 210 g/mol. The molecular formula is C13H26N2. The van der Waals surface area contributed by atoms with Gasteiger partial charge in [-0.2, -0.15) is 0 Å². The van der Waals surface area contributed by atoms with Crippen molar-refractivity contribution in [2.45, 2.75) is 69.9 Å². The quantitative estimate of drug-likeness (QED) is 0.735. The molecule has 0 amide bonds. The molecule has 88 valence electrons. The first-order valence-electron chi connectivity index (χ1n) is 6.75. The van der Waals surface area contributed by atoms with Gasteiger partial charge in [-0.25, -0.2) is 0 Å². The normalized spacial score (nSPS) is 42.8. The van der Waals surface area contributed by atoms with Crippen LogP contribution in [0.4, 0.5) is 0 Å². The van der Waals surface area contributed by atoms with Crippen LogP contribution in [0.2, 0.25) is 0 Å². The molecule has 2 aliphatic carbocycles. The molecule has 4 N–H and O–H groups in total. The Balaban J connectivity index is 1.75. The summed E-state index contributed by atoms with van der Waals surface area (Å²) < 4.78 is 0. The number of rotatable bonds is 2. The van der Waals surface area contributed by atoms with Crippen LogP contribution in [-0.2, 0) is 0 Å². The van der Waals surface area contributed by atoms with Gasteiger partial charge in [-0.3, -0.25) is 0 Å². The van der Waals surface area contributed by atoms with Crippen molar-refractivity contribution < 1.29 is 0 Å². The van der Waals surface area contributed by atoms with Gasteiger partial charge in [0, 0.05) is 12.1 Å². The van der Waals surface area contributed by atoms with Crippen LogP contribution in [0.25, 0.3) is 0 Å². The first-order valence-corrected chi connectivity index (χ1v) is 6.75. The maximum atomic E-state index is 6.03. The molecule has 2 saturated carbocycles. The second-order valence-corrected chi connectivity index (χ2v) is 5.82. The summed E-state index contributed by atoms with van der Waals surface area (Å²) in [6, 6.07) is 0.974. The fourth-order valence-corrected chi connectivity index (χ4v) is 3.56. The molecule has 15 heavy (non-hydrogen) atoms. The molecule has 0 bridgehead atoms. The van der Waals surface area contributed by atoms with Gasteiger partial charge in [-0.15, -0.1) is 0 Å². The molecule has 0 aromatic rings. The highest BCUT2D eigenvalue weighted by molar-refractivity contribution is 4.81. The van der Waals surface area contributed by atoms with Crippen LogP contribution >= 0.6 is 0 Å². The van der Waals surface area contributed by atoms with Crippen LogP contribution in [0.15, 0.2) is 0 Å². The molecular weight excluding hydrogens is 184 g/mol.